The number of hydrogen-bond donors (Lipinski definition) is 0. The number of nitrogens with one attached hydrogen (secondary N) is 1. The lowest BCUT2D eigenvalue weighted by Crippen LogP contribution is -2.40. The fourth-order valence-electron chi connectivity index (χ4n) is 2.84. The molecule has 0 unspecified atom stereocenters. The minimum absolute atomic E-state index is 0.705. The van der Waals surface area contributed by atoms with E-state index in [1.165, 1.54) is 11.1 Å². The van der Waals surface area contributed by atoms with Crippen LogP contribution in [0.4, 0.5) is 5.82 Å². The number of aromatic amines is 1. The van der Waals surface area contributed by atoms with E-state index < -0.39 is 0 Å². The molecule has 1 fully saturated rings. The van der Waals surface area contributed by atoms with Crippen molar-refractivity contribution < 1.29 is 14.5 Å². The van der Waals surface area contributed by atoms with Crippen molar-refractivity contribution in [2.45, 2.75) is 13.8 Å². The summed E-state index contributed by atoms with van der Waals surface area (Å²) in [6, 6.07) is 6.25. The first-order valence-corrected chi connectivity index (χ1v) is 6.94. The van der Waals surface area contributed by atoms with Crippen LogP contribution in [0.2, 0.25) is 0 Å². The highest BCUT2D eigenvalue weighted by molar-refractivity contribution is 5.90. The number of rotatable bonds is 2. The zero-order valence-electron chi connectivity index (χ0n) is 11.9. The van der Waals surface area contributed by atoms with Crippen molar-refractivity contribution in [2.75, 3.05) is 31.2 Å². The van der Waals surface area contributed by atoms with Crippen LogP contribution in [0, 0.1) is 13.8 Å². The van der Waals surface area contributed by atoms with Crippen molar-refractivity contribution in [1.29, 1.82) is 0 Å². The third kappa shape index (κ3) is 2.27. The Morgan fingerprint density at radius 1 is 1.20 bits per heavy atom. The number of benzene rings is 1. The molecule has 20 heavy (non-hydrogen) atoms. The topological polar surface area (TPSA) is 43.7 Å². The number of ether oxygens (including phenoxy) is 1. The number of aryl methyl sites for hydroxylation is 2. The third-order valence-corrected chi connectivity index (χ3v) is 3.81. The zero-order valence-corrected chi connectivity index (χ0v) is 11.9. The van der Waals surface area contributed by atoms with Crippen molar-refractivity contribution in [3.63, 3.8) is 0 Å². The molecule has 1 N–H and O–H groups in total. The van der Waals surface area contributed by atoms with Crippen LogP contribution in [-0.2, 0) is 4.74 Å². The average Bonchev–Trinajstić information content (AvgIpc) is 2.47. The number of pyridine rings is 1. The third-order valence-electron chi connectivity index (χ3n) is 3.81. The highest BCUT2D eigenvalue weighted by Crippen LogP contribution is 2.23. The lowest BCUT2D eigenvalue weighted by atomic mass is 10.0. The normalized spacial score (nSPS) is 15.6. The first-order chi connectivity index (χ1) is 9.69. The van der Waals surface area contributed by atoms with E-state index in [1.807, 2.05) is 6.07 Å². The summed E-state index contributed by atoms with van der Waals surface area (Å²) in [4.78, 5) is 17.0. The fraction of sp³-hybridized carbons (Fsp3) is 0.375. The summed E-state index contributed by atoms with van der Waals surface area (Å²) in [5, 5.41) is 1.11. The fourth-order valence-corrected chi connectivity index (χ4v) is 2.84. The van der Waals surface area contributed by atoms with Crippen molar-refractivity contribution in [3.8, 4) is 0 Å². The van der Waals surface area contributed by atoms with Crippen LogP contribution in [0.1, 0.15) is 21.5 Å². The summed E-state index contributed by atoms with van der Waals surface area (Å²) < 4.78 is 5.38. The molecular weight excluding hydrogens is 252 g/mol. The van der Waals surface area contributed by atoms with E-state index in [4.69, 9.17) is 4.74 Å². The van der Waals surface area contributed by atoms with Gasteiger partial charge in [0, 0.05) is 5.39 Å². The second kappa shape index (κ2) is 5.21. The van der Waals surface area contributed by atoms with Gasteiger partial charge in [0.2, 0.25) is 0 Å². The second-order valence-electron chi connectivity index (χ2n) is 5.33. The van der Waals surface area contributed by atoms with Crippen LogP contribution in [-0.4, -0.2) is 32.6 Å². The minimum Gasteiger partial charge on any atom is -0.373 e. The zero-order chi connectivity index (χ0) is 14.1. The van der Waals surface area contributed by atoms with Crippen LogP contribution < -0.4 is 9.88 Å². The summed E-state index contributed by atoms with van der Waals surface area (Å²) >= 11 is 0. The van der Waals surface area contributed by atoms with Gasteiger partial charge in [-0.15, -0.1) is 0 Å². The number of carbonyl (C=O) groups is 1. The molecule has 0 radical (unpaired) electrons. The van der Waals surface area contributed by atoms with Crippen LogP contribution in [0.15, 0.2) is 18.2 Å². The molecule has 4 nitrogen and oxygen atoms in total. The number of carbonyl (C=O) groups excluding carboxylic acids is 1. The maximum Gasteiger partial charge on any atom is 0.285 e. The van der Waals surface area contributed by atoms with Gasteiger partial charge in [-0.25, -0.2) is 4.98 Å². The molecule has 0 bridgehead atoms. The Labute approximate surface area is 118 Å². The predicted molar refractivity (Wildman–Crippen MR) is 78.4 cm³/mol. The molecule has 1 aliphatic heterocycles. The van der Waals surface area contributed by atoms with Crippen molar-refractivity contribution >= 4 is 23.0 Å². The van der Waals surface area contributed by atoms with Crippen LogP contribution in [0.3, 0.4) is 0 Å². The molecule has 2 heterocycles. The summed E-state index contributed by atoms with van der Waals surface area (Å²) in [5.74, 6) is 0.904. The highest BCUT2D eigenvalue weighted by Gasteiger charge is 2.24. The van der Waals surface area contributed by atoms with Crippen LogP contribution in [0.5, 0.6) is 0 Å². The number of nitrogens with zero attached hydrogens (tertiary/aromatic N) is 1. The lowest BCUT2D eigenvalue weighted by molar-refractivity contribution is -0.331. The molecule has 2 aromatic rings. The number of morpholine rings is 1. The first-order valence-electron chi connectivity index (χ1n) is 6.94. The Kier molecular flexibility index (Phi) is 3.40. The molecular formula is C16H19N2O2+. The monoisotopic (exact) mass is 271 g/mol. The van der Waals surface area contributed by atoms with Gasteiger partial charge in [0.25, 0.3) is 5.82 Å². The van der Waals surface area contributed by atoms with E-state index in [0.717, 1.165) is 36.1 Å². The summed E-state index contributed by atoms with van der Waals surface area (Å²) in [6.07, 6.45) is 0.931. The molecule has 3 rings (SSSR count). The number of aldehydes is 1. The van der Waals surface area contributed by atoms with Crippen LogP contribution >= 0.6 is 0 Å². The standard InChI is InChI=1S/C16H18N2O2/c1-11-7-12(2)14-9-13(10-19)16(17-15(14)8-11)18-3-5-20-6-4-18/h7-10H,3-6H2,1-2H3/p+1. The first kappa shape index (κ1) is 13.1. The summed E-state index contributed by atoms with van der Waals surface area (Å²) in [5.41, 5.74) is 4.20. The number of fused-ring (bicyclic) bond motifs is 1. The Morgan fingerprint density at radius 3 is 2.65 bits per heavy atom. The highest BCUT2D eigenvalue weighted by atomic mass is 16.5. The van der Waals surface area contributed by atoms with E-state index in [9.17, 15) is 4.79 Å². The smallest absolute Gasteiger partial charge is 0.285 e. The van der Waals surface area contributed by atoms with E-state index in [-0.39, 0.29) is 0 Å². The Bertz CT molecular complexity index is 661. The molecule has 0 saturated carbocycles. The molecule has 0 aliphatic carbocycles. The molecule has 1 aliphatic rings. The quantitative estimate of drug-likeness (QED) is 0.784. The Hall–Kier alpha value is -1.94. The minimum atomic E-state index is 0.705. The van der Waals surface area contributed by atoms with Gasteiger partial charge in [-0.2, -0.15) is 0 Å². The molecule has 0 atom stereocenters. The molecule has 1 saturated heterocycles. The maximum absolute atomic E-state index is 11.4. The molecule has 1 aromatic carbocycles. The number of H-pyrrole nitrogens is 1. The second-order valence-corrected chi connectivity index (χ2v) is 5.33. The van der Waals surface area contributed by atoms with E-state index in [1.54, 1.807) is 0 Å². The number of anilines is 1. The van der Waals surface area contributed by atoms with E-state index in [0.29, 0.717) is 18.8 Å². The summed E-state index contributed by atoms with van der Waals surface area (Å²) in [6.45, 7) is 7.20. The van der Waals surface area contributed by atoms with Gasteiger partial charge in [-0.1, -0.05) is 6.07 Å². The van der Waals surface area contributed by atoms with Gasteiger partial charge in [-0.05, 0) is 37.1 Å². The predicted octanol–water partition coefficient (Wildman–Crippen LogP) is 1.92. The molecule has 0 spiro atoms. The lowest BCUT2D eigenvalue weighted by Gasteiger charge is -2.22. The Balaban J connectivity index is 2.17. The Morgan fingerprint density at radius 2 is 1.95 bits per heavy atom. The van der Waals surface area contributed by atoms with Gasteiger partial charge < -0.3 is 4.74 Å². The summed E-state index contributed by atoms with van der Waals surface area (Å²) in [7, 11) is 0. The van der Waals surface area contributed by atoms with Crippen LogP contribution in [0.25, 0.3) is 10.9 Å². The number of hydrogen-bond acceptors (Lipinski definition) is 3. The van der Waals surface area contributed by atoms with Crippen molar-refractivity contribution in [3.05, 3.63) is 34.9 Å². The molecule has 0 amide bonds. The van der Waals surface area contributed by atoms with Gasteiger partial charge in [0.05, 0.1) is 13.2 Å². The largest absolute Gasteiger partial charge is 0.373 e. The SMILES string of the molecule is Cc1cc(C)c2cc(C=O)c(N3CCOCC3)[nH+]c2c1. The molecule has 4 heteroatoms. The van der Waals surface area contributed by atoms with Gasteiger partial charge in [-0.3, -0.25) is 9.69 Å². The van der Waals surface area contributed by atoms with E-state index >= 15 is 0 Å². The van der Waals surface area contributed by atoms with E-state index in [2.05, 4.69) is 35.9 Å². The van der Waals surface area contributed by atoms with Gasteiger partial charge in [0.15, 0.2) is 6.29 Å². The van der Waals surface area contributed by atoms with Crippen molar-refractivity contribution in [1.82, 2.24) is 0 Å². The van der Waals surface area contributed by atoms with Crippen molar-refractivity contribution in [2.24, 2.45) is 0 Å². The molecule has 104 valence electrons. The maximum atomic E-state index is 11.4. The van der Waals surface area contributed by atoms with Gasteiger partial charge in [0.1, 0.15) is 24.2 Å². The average molecular weight is 271 g/mol. The van der Waals surface area contributed by atoms with Gasteiger partial charge >= 0.3 is 0 Å². The molecule has 1 aromatic heterocycles. The number of aromatic nitrogens is 1.